The van der Waals surface area contributed by atoms with Crippen LogP contribution in [-0.4, -0.2) is 9.97 Å². The van der Waals surface area contributed by atoms with E-state index in [1.54, 1.807) is 22.7 Å². The van der Waals surface area contributed by atoms with E-state index >= 15 is 0 Å². The number of rotatable bonds is 2. The van der Waals surface area contributed by atoms with Crippen molar-refractivity contribution in [3.05, 3.63) is 57.5 Å². The zero-order valence-electron chi connectivity index (χ0n) is 11.9. The Labute approximate surface area is 131 Å². The Morgan fingerprint density at radius 3 is 1.71 bits per heavy atom. The van der Waals surface area contributed by atoms with Gasteiger partial charge in [-0.3, -0.25) is 0 Å². The molecule has 21 heavy (non-hydrogen) atoms. The summed E-state index contributed by atoms with van der Waals surface area (Å²) >= 11 is 3.55. The number of fused-ring (bicyclic) bond motifs is 2. The summed E-state index contributed by atoms with van der Waals surface area (Å²) in [6.07, 6.45) is 0.830. The molecule has 0 N–H and O–H groups in total. The molecule has 0 amide bonds. The Bertz CT molecular complexity index is 872. The lowest BCUT2D eigenvalue weighted by atomic mass is 10.2. The molecule has 0 saturated heterocycles. The smallest absolute Gasteiger partial charge is 0.101 e. The number of aryl methyl sites for hydroxylation is 2. The first-order chi connectivity index (χ1) is 10.2. The van der Waals surface area contributed by atoms with Gasteiger partial charge < -0.3 is 0 Å². The van der Waals surface area contributed by atoms with Gasteiger partial charge >= 0.3 is 0 Å². The topological polar surface area (TPSA) is 25.8 Å². The van der Waals surface area contributed by atoms with E-state index in [0.717, 1.165) is 27.5 Å². The first-order valence-corrected chi connectivity index (χ1v) is 8.53. The molecule has 104 valence electrons. The van der Waals surface area contributed by atoms with E-state index in [-0.39, 0.29) is 0 Å². The summed E-state index contributed by atoms with van der Waals surface area (Å²) in [5.41, 5.74) is 4.76. The highest BCUT2D eigenvalue weighted by molar-refractivity contribution is 7.20. The minimum absolute atomic E-state index is 0.830. The van der Waals surface area contributed by atoms with Gasteiger partial charge in [-0.1, -0.05) is 12.1 Å². The fourth-order valence-electron chi connectivity index (χ4n) is 2.44. The van der Waals surface area contributed by atoms with Gasteiger partial charge in [0, 0.05) is 0 Å². The van der Waals surface area contributed by atoms with Gasteiger partial charge in [-0.05, 0) is 49.2 Å². The molecule has 0 aliphatic carbocycles. The molecule has 0 saturated carbocycles. The fraction of sp³-hybridized carbons (Fsp3) is 0.176. The molecule has 0 spiro atoms. The molecule has 2 heterocycles. The van der Waals surface area contributed by atoms with Gasteiger partial charge in [0.05, 0.1) is 26.9 Å². The monoisotopic (exact) mass is 310 g/mol. The molecule has 2 aromatic heterocycles. The normalized spacial score (nSPS) is 11.5. The molecule has 2 nitrogen and oxygen atoms in total. The molecular weight excluding hydrogens is 296 g/mol. The molecule has 0 bridgehead atoms. The molecule has 4 rings (SSSR count). The number of aromatic nitrogens is 2. The van der Waals surface area contributed by atoms with Crippen LogP contribution in [0, 0.1) is 13.8 Å². The highest BCUT2D eigenvalue weighted by Crippen LogP contribution is 2.28. The lowest BCUT2D eigenvalue weighted by molar-refractivity contribution is 1.13. The van der Waals surface area contributed by atoms with Crippen molar-refractivity contribution in [1.82, 2.24) is 9.97 Å². The third-order valence-electron chi connectivity index (χ3n) is 3.48. The molecule has 0 fully saturated rings. The third kappa shape index (κ3) is 2.45. The largest absolute Gasteiger partial charge is 0.241 e. The van der Waals surface area contributed by atoms with Crippen molar-refractivity contribution in [2.24, 2.45) is 0 Å². The lowest BCUT2D eigenvalue weighted by Crippen LogP contribution is -1.84. The Kier molecular flexibility index (Phi) is 3.01. The van der Waals surface area contributed by atoms with Gasteiger partial charge in [-0.15, -0.1) is 22.7 Å². The average molecular weight is 310 g/mol. The first-order valence-electron chi connectivity index (χ1n) is 6.89. The molecular formula is C17H14N2S2. The zero-order valence-corrected chi connectivity index (χ0v) is 13.5. The Morgan fingerprint density at radius 2 is 1.24 bits per heavy atom. The molecule has 0 aliphatic rings. The quantitative estimate of drug-likeness (QED) is 0.514. The SMILES string of the molecule is Cc1ccc2nc(Cc3nc4ccc(C)cc4s3)sc2c1. The minimum Gasteiger partial charge on any atom is -0.241 e. The highest BCUT2D eigenvalue weighted by atomic mass is 32.1. The third-order valence-corrected chi connectivity index (χ3v) is 5.52. The van der Waals surface area contributed by atoms with Crippen LogP contribution in [0.1, 0.15) is 21.1 Å². The highest BCUT2D eigenvalue weighted by Gasteiger charge is 2.09. The van der Waals surface area contributed by atoms with Crippen molar-refractivity contribution in [2.75, 3.05) is 0 Å². The molecule has 0 radical (unpaired) electrons. The molecule has 0 aliphatic heterocycles. The number of benzene rings is 2. The van der Waals surface area contributed by atoms with Gasteiger partial charge in [0.25, 0.3) is 0 Å². The second kappa shape index (κ2) is 4.90. The van der Waals surface area contributed by atoms with Crippen molar-refractivity contribution < 1.29 is 0 Å². The maximum atomic E-state index is 4.72. The molecule has 4 aromatic rings. The van der Waals surface area contributed by atoms with E-state index in [1.165, 1.54) is 20.5 Å². The Hall–Kier alpha value is -1.78. The van der Waals surface area contributed by atoms with Gasteiger partial charge in [-0.2, -0.15) is 0 Å². The van der Waals surface area contributed by atoms with Crippen LogP contribution in [0.2, 0.25) is 0 Å². The van der Waals surface area contributed by atoms with E-state index in [4.69, 9.17) is 9.97 Å². The lowest BCUT2D eigenvalue weighted by Gasteiger charge is -1.88. The van der Waals surface area contributed by atoms with Crippen LogP contribution in [0.3, 0.4) is 0 Å². The maximum absolute atomic E-state index is 4.72. The van der Waals surface area contributed by atoms with E-state index in [1.807, 2.05) is 0 Å². The van der Waals surface area contributed by atoms with E-state index in [0.29, 0.717) is 0 Å². The van der Waals surface area contributed by atoms with Crippen molar-refractivity contribution in [1.29, 1.82) is 0 Å². The zero-order chi connectivity index (χ0) is 14.4. The van der Waals surface area contributed by atoms with E-state index < -0.39 is 0 Å². The van der Waals surface area contributed by atoms with Gasteiger partial charge in [0.2, 0.25) is 0 Å². The summed E-state index contributed by atoms with van der Waals surface area (Å²) in [5, 5.41) is 2.29. The van der Waals surface area contributed by atoms with Crippen LogP contribution in [0.15, 0.2) is 36.4 Å². The Morgan fingerprint density at radius 1 is 0.762 bits per heavy atom. The van der Waals surface area contributed by atoms with Gasteiger partial charge in [0.1, 0.15) is 10.0 Å². The average Bonchev–Trinajstić information content (AvgIpc) is 3.00. The van der Waals surface area contributed by atoms with Crippen LogP contribution in [0.25, 0.3) is 20.4 Å². The second-order valence-corrected chi connectivity index (χ2v) is 7.56. The van der Waals surface area contributed by atoms with E-state index in [9.17, 15) is 0 Å². The Balaban J connectivity index is 1.71. The van der Waals surface area contributed by atoms with Crippen LogP contribution < -0.4 is 0 Å². The predicted octanol–water partition coefficient (Wildman–Crippen LogP) is 5.11. The fourth-order valence-corrected chi connectivity index (χ4v) is 4.67. The summed E-state index contributed by atoms with van der Waals surface area (Å²) in [5.74, 6) is 0. The summed E-state index contributed by atoms with van der Waals surface area (Å²) in [6, 6.07) is 12.9. The van der Waals surface area contributed by atoms with Crippen molar-refractivity contribution in [2.45, 2.75) is 20.3 Å². The standard InChI is InChI=1S/C17H14N2S2/c1-10-3-5-12-14(7-10)20-16(18-12)9-17-19-13-6-4-11(2)8-15(13)21-17/h3-8H,9H2,1-2H3. The number of hydrogen-bond acceptors (Lipinski definition) is 4. The van der Waals surface area contributed by atoms with Crippen molar-refractivity contribution in [3.8, 4) is 0 Å². The summed E-state index contributed by atoms with van der Waals surface area (Å²) in [6.45, 7) is 4.24. The number of hydrogen-bond donors (Lipinski definition) is 0. The molecule has 4 heteroatoms. The van der Waals surface area contributed by atoms with Crippen LogP contribution in [0.5, 0.6) is 0 Å². The maximum Gasteiger partial charge on any atom is 0.101 e. The molecule has 0 unspecified atom stereocenters. The summed E-state index contributed by atoms with van der Waals surface area (Å²) in [7, 11) is 0. The molecule has 2 aromatic carbocycles. The molecule has 0 atom stereocenters. The van der Waals surface area contributed by atoms with Gasteiger partial charge in [0.15, 0.2) is 0 Å². The number of nitrogens with zero attached hydrogens (tertiary/aromatic N) is 2. The second-order valence-electron chi connectivity index (χ2n) is 5.33. The number of thiazole rings is 2. The van der Waals surface area contributed by atoms with Crippen molar-refractivity contribution in [3.63, 3.8) is 0 Å². The van der Waals surface area contributed by atoms with Crippen LogP contribution in [0.4, 0.5) is 0 Å². The van der Waals surface area contributed by atoms with Gasteiger partial charge in [-0.25, -0.2) is 9.97 Å². The summed E-state index contributed by atoms with van der Waals surface area (Å²) < 4.78 is 2.53. The predicted molar refractivity (Wildman–Crippen MR) is 91.5 cm³/mol. The van der Waals surface area contributed by atoms with E-state index in [2.05, 4.69) is 50.2 Å². The minimum atomic E-state index is 0.830. The summed E-state index contributed by atoms with van der Waals surface area (Å²) in [4.78, 5) is 9.44. The van der Waals surface area contributed by atoms with Crippen LogP contribution >= 0.6 is 22.7 Å². The van der Waals surface area contributed by atoms with Crippen LogP contribution in [-0.2, 0) is 6.42 Å². The van der Waals surface area contributed by atoms with Crippen molar-refractivity contribution >= 4 is 43.1 Å². The first kappa shape index (κ1) is 12.9.